The Bertz CT molecular complexity index is 815. The van der Waals surface area contributed by atoms with E-state index in [0.29, 0.717) is 25.3 Å². The minimum Gasteiger partial charge on any atom is -0.484 e. The van der Waals surface area contributed by atoms with Gasteiger partial charge in [-0.15, -0.1) is 11.8 Å². The number of pyridine rings is 1. The number of aliphatic hydroxyl groups is 1. The van der Waals surface area contributed by atoms with E-state index in [-0.39, 0.29) is 29.3 Å². The fourth-order valence-electron chi connectivity index (χ4n) is 2.87. The number of amides is 1. The van der Waals surface area contributed by atoms with E-state index in [2.05, 4.69) is 4.98 Å². The molecule has 1 saturated heterocycles. The molecule has 0 spiro atoms. The van der Waals surface area contributed by atoms with Crippen molar-refractivity contribution in [3.05, 3.63) is 53.9 Å². The maximum atomic E-state index is 13.1. The molecule has 1 atom stereocenters. The first-order valence-electron chi connectivity index (χ1n) is 8.65. The van der Waals surface area contributed by atoms with E-state index in [1.165, 1.54) is 6.20 Å². The summed E-state index contributed by atoms with van der Waals surface area (Å²) in [7, 11) is 0. The number of carbonyl (C=O) groups is 1. The van der Waals surface area contributed by atoms with Crippen molar-refractivity contribution in [3.63, 3.8) is 0 Å². The van der Waals surface area contributed by atoms with E-state index in [1.54, 1.807) is 29.2 Å². The molecule has 1 aromatic carbocycles. The number of hydrogen-bond acceptors (Lipinski definition) is 5. The first-order chi connectivity index (χ1) is 13.4. The highest BCUT2D eigenvalue weighted by Crippen LogP contribution is 2.39. The quantitative estimate of drug-likeness (QED) is 0.788. The first kappa shape index (κ1) is 20.5. The molecule has 0 aliphatic carbocycles. The van der Waals surface area contributed by atoms with Crippen LogP contribution < -0.4 is 4.74 Å². The molecule has 150 valence electrons. The molecule has 1 aliphatic heterocycles. The summed E-state index contributed by atoms with van der Waals surface area (Å²) in [6.07, 6.45) is -1.48. The van der Waals surface area contributed by atoms with E-state index < -0.39 is 11.7 Å². The molecule has 2 aromatic rings. The van der Waals surface area contributed by atoms with Gasteiger partial charge in [-0.1, -0.05) is 12.1 Å². The summed E-state index contributed by atoms with van der Waals surface area (Å²) in [4.78, 5) is 17.8. The van der Waals surface area contributed by atoms with Crippen molar-refractivity contribution in [2.24, 2.45) is 0 Å². The lowest BCUT2D eigenvalue weighted by Gasteiger charge is -2.18. The Kier molecular flexibility index (Phi) is 6.46. The Morgan fingerprint density at radius 3 is 2.71 bits per heavy atom. The molecule has 0 radical (unpaired) electrons. The Labute approximate surface area is 164 Å². The Hall–Kier alpha value is -2.26. The van der Waals surface area contributed by atoms with Gasteiger partial charge in [0.2, 0.25) is 0 Å². The highest BCUT2D eigenvalue weighted by molar-refractivity contribution is 8.00. The summed E-state index contributed by atoms with van der Waals surface area (Å²) in [6, 6.07) is 7.71. The predicted octanol–water partition coefficient (Wildman–Crippen LogP) is 3.36. The van der Waals surface area contributed by atoms with Gasteiger partial charge in [0.05, 0.1) is 12.2 Å². The van der Waals surface area contributed by atoms with Crippen LogP contribution in [0.5, 0.6) is 5.75 Å². The monoisotopic (exact) mass is 412 g/mol. The number of aromatic nitrogens is 1. The average molecular weight is 412 g/mol. The second-order valence-corrected chi connectivity index (χ2v) is 7.67. The Morgan fingerprint density at radius 1 is 1.29 bits per heavy atom. The molecule has 1 aliphatic rings. The zero-order valence-electron chi connectivity index (χ0n) is 14.9. The lowest BCUT2D eigenvalue weighted by atomic mass is 10.2. The highest BCUT2D eigenvalue weighted by atomic mass is 32.2. The lowest BCUT2D eigenvalue weighted by Crippen LogP contribution is -2.33. The number of likely N-dealkylation sites (tertiary alicyclic amines) is 1. The van der Waals surface area contributed by atoms with E-state index in [4.69, 9.17) is 9.84 Å². The van der Waals surface area contributed by atoms with Crippen LogP contribution in [-0.2, 0) is 17.6 Å². The molecular weight excluding hydrogens is 393 g/mol. The fourth-order valence-corrected chi connectivity index (χ4v) is 4.14. The van der Waals surface area contributed by atoms with Gasteiger partial charge in [-0.3, -0.25) is 9.78 Å². The number of halogens is 3. The van der Waals surface area contributed by atoms with Crippen LogP contribution >= 0.6 is 11.8 Å². The number of alkyl halides is 3. The minimum absolute atomic E-state index is 0.0704. The zero-order chi connectivity index (χ0) is 20.1. The third-order valence-corrected chi connectivity index (χ3v) is 5.65. The van der Waals surface area contributed by atoms with Crippen molar-refractivity contribution in [1.29, 1.82) is 0 Å². The summed E-state index contributed by atoms with van der Waals surface area (Å²) in [5.41, 5.74) is 0.0404. The van der Waals surface area contributed by atoms with Gasteiger partial charge in [0.15, 0.2) is 6.61 Å². The van der Waals surface area contributed by atoms with Gasteiger partial charge in [-0.2, -0.15) is 13.2 Å². The number of hydrogen-bond donors (Lipinski definition) is 1. The van der Waals surface area contributed by atoms with Gasteiger partial charge < -0.3 is 14.7 Å². The van der Waals surface area contributed by atoms with E-state index in [9.17, 15) is 18.0 Å². The largest absolute Gasteiger partial charge is 0.484 e. The van der Waals surface area contributed by atoms with Gasteiger partial charge in [0, 0.05) is 35.6 Å². The Balaban J connectivity index is 1.53. The van der Waals surface area contributed by atoms with Crippen LogP contribution in [0.1, 0.15) is 17.5 Å². The Morgan fingerprint density at radius 2 is 2.04 bits per heavy atom. The highest BCUT2D eigenvalue weighted by Gasteiger charge is 2.35. The second kappa shape index (κ2) is 8.83. The number of aliphatic hydroxyl groups excluding tert-OH is 1. The SMILES string of the molecule is O=C(COc1ccc(CO)cc1)N1CC[C@H](Sc2cnccc2C(F)(F)F)C1. The average Bonchev–Trinajstić information content (AvgIpc) is 3.14. The van der Waals surface area contributed by atoms with Crippen LogP contribution in [0.2, 0.25) is 0 Å². The van der Waals surface area contributed by atoms with Crippen molar-refractivity contribution < 1.29 is 27.8 Å². The van der Waals surface area contributed by atoms with Crippen LogP contribution in [0.15, 0.2) is 47.6 Å². The summed E-state index contributed by atoms with van der Waals surface area (Å²) < 4.78 is 44.8. The number of rotatable bonds is 6. The number of benzene rings is 1. The molecule has 0 unspecified atom stereocenters. The molecule has 3 rings (SSSR count). The van der Waals surface area contributed by atoms with Crippen LogP contribution in [-0.4, -0.2) is 45.8 Å². The summed E-state index contributed by atoms with van der Waals surface area (Å²) in [5, 5.41) is 8.89. The molecule has 1 fully saturated rings. The molecular formula is C19H19F3N2O3S. The molecule has 2 heterocycles. The predicted molar refractivity (Wildman–Crippen MR) is 97.9 cm³/mol. The van der Waals surface area contributed by atoms with Gasteiger partial charge in [0.1, 0.15) is 5.75 Å². The molecule has 5 nitrogen and oxygen atoms in total. The normalized spacial score (nSPS) is 17.0. The van der Waals surface area contributed by atoms with E-state index in [0.717, 1.165) is 29.6 Å². The number of ether oxygens (including phenoxy) is 1. The summed E-state index contributed by atoms with van der Waals surface area (Å²) in [5.74, 6) is 0.303. The third-order valence-electron chi connectivity index (χ3n) is 4.35. The lowest BCUT2D eigenvalue weighted by molar-refractivity contribution is -0.139. The topological polar surface area (TPSA) is 62.7 Å². The van der Waals surface area contributed by atoms with Gasteiger partial charge >= 0.3 is 6.18 Å². The van der Waals surface area contributed by atoms with Crippen molar-refractivity contribution in [1.82, 2.24) is 9.88 Å². The molecule has 0 saturated carbocycles. The van der Waals surface area contributed by atoms with Gasteiger partial charge in [-0.05, 0) is 30.2 Å². The fraction of sp³-hybridized carbons (Fsp3) is 0.368. The molecule has 1 aromatic heterocycles. The smallest absolute Gasteiger partial charge is 0.417 e. The van der Waals surface area contributed by atoms with Gasteiger partial charge in [-0.25, -0.2) is 0 Å². The van der Waals surface area contributed by atoms with Crippen LogP contribution in [0.25, 0.3) is 0 Å². The second-order valence-electron chi connectivity index (χ2n) is 6.33. The maximum absolute atomic E-state index is 13.1. The van der Waals surface area contributed by atoms with Gasteiger partial charge in [0.25, 0.3) is 5.91 Å². The molecule has 1 N–H and O–H groups in total. The molecule has 28 heavy (non-hydrogen) atoms. The minimum atomic E-state index is -4.43. The van der Waals surface area contributed by atoms with Crippen LogP contribution in [0, 0.1) is 0 Å². The first-order valence-corrected chi connectivity index (χ1v) is 9.53. The number of nitrogens with zero attached hydrogens (tertiary/aromatic N) is 2. The standard InChI is InChI=1S/C19H19F3N2O3S/c20-19(21,22)16-5-7-23-9-17(16)28-15-6-8-24(10-15)18(26)12-27-14-3-1-13(11-25)2-4-14/h1-5,7,9,15,25H,6,8,10-12H2/t15-/m0/s1. The zero-order valence-corrected chi connectivity index (χ0v) is 15.7. The summed E-state index contributed by atoms with van der Waals surface area (Å²) in [6.45, 7) is 0.628. The van der Waals surface area contributed by atoms with Crippen molar-refractivity contribution in [3.8, 4) is 5.75 Å². The van der Waals surface area contributed by atoms with Crippen molar-refractivity contribution in [2.45, 2.75) is 29.3 Å². The number of thioether (sulfide) groups is 1. The maximum Gasteiger partial charge on any atom is 0.417 e. The molecule has 1 amide bonds. The molecule has 9 heteroatoms. The van der Waals surface area contributed by atoms with Crippen LogP contribution in [0.4, 0.5) is 13.2 Å². The molecule has 0 bridgehead atoms. The van der Waals surface area contributed by atoms with Crippen LogP contribution in [0.3, 0.4) is 0 Å². The van der Waals surface area contributed by atoms with E-state index in [1.807, 2.05) is 0 Å². The number of carbonyl (C=O) groups excluding carboxylic acids is 1. The van der Waals surface area contributed by atoms with Crippen molar-refractivity contribution in [2.75, 3.05) is 19.7 Å². The van der Waals surface area contributed by atoms with E-state index >= 15 is 0 Å². The van der Waals surface area contributed by atoms with Crippen molar-refractivity contribution >= 4 is 17.7 Å². The third kappa shape index (κ3) is 5.17. The summed E-state index contributed by atoms with van der Waals surface area (Å²) >= 11 is 1.10.